The Morgan fingerprint density at radius 3 is 2.19 bits per heavy atom. The molecular weight excluding hydrogens is 200 g/mol. The van der Waals surface area contributed by atoms with Gasteiger partial charge in [-0.1, -0.05) is 25.7 Å². The summed E-state index contributed by atoms with van der Waals surface area (Å²) >= 11 is 0. The summed E-state index contributed by atoms with van der Waals surface area (Å²) in [4.78, 5) is 23.4. The van der Waals surface area contributed by atoms with E-state index in [1.165, 1.54) is 38.5 Å². The van der Waals surface area contributed by atoms with E-state index < -0.39 is 0 Å². The number of hydrogen-bond acceptors (Lipinski definition) is 2. The molecule has 0 saturated heterocycles. The molecule has 0 aliphatic heterocycles. The van der Waals surface area contributed by atoms with Crippen molar-refractivity contribution in [3.8, 4) is 0 Å². The summed E-state index contributed by atoms with van der Waals surface area (Å²) in [7, 11) is 0. The first kappa shape index (κ1) is 11.8. The molecule has 0 spiro atoms. The molecule has 0 aromatic rings. The van der Waals surface area contributed by atoms with Gasteiger partial charge in [0.25, 0.3) is 0 Å². The van der Waals surface area contributed by atoms with Crippen LogP contribution in [0.1, 0.15) is 64.2 Å². The van der Waals surface area contributed by atoms with Gasteiger partial charge in [0.15, 0.2) is 0 Å². The highest BCUT2D eigenvalue weighted by atomic mass is 16.1. The van der Waals surface area contributed by atoms with Crippen LogP contribution in [0.4, 0.5) is 0 Å². The zero-order chi connectivity index (χ0) is 11.4. The molecule has 2 aliphatic carbocycles. The van der Waals surface area contributed by atoms with Crippen LogP contribution in [0.25, 0.3) is 0 Å². The van der Waals surface area contributed by atoms with E-state index in [9.17, 15) is 9.59 Å². The largest absolute Gasteiger partial charge is 0.299 e. The number of hydrogen-bond donors (Lipinski definition) is 0. The Hall–Kier alpha value is -0.660. The first-order valence-corrected chi connectivity index (χ1v) is 6.82. The fourth-order valence-electron chi connectivity index (χ4n) is 3.31. The molecule has 2 rings (SSSR count). The molecule has 0 amide bonds. The summed E-state index contributed by atoms with van der Waals surface area (Å²) in [6.45, 7) is 0. The van der Waals surface area contributed by atoms with Gasteiger partial charge in [0.1, 0.15) is 11.6 Å². The second-order valence-electron chi connectivity index (χ2n) is 5.43. The fraction of sp³-hybridized carbons (Fsp3) is 0.857. The van der Waals surface area contributed by atoms with Gasteiger partial charge in [-0.05, 0) is 31.6 Å². The van der Waals surface area contributed by atoms with Gasteiger partial charge < -0.3 is 0 Å². The highest BCUT2D eigenvalue weighted by molar-refractivity contribution is 6.00. The zero-order valence-corrected chi connectivity index (χ0v) is 10.0. The standard InChI is InChI=1S/C14H22O2/c15-12-8-5-9-13(14(16)10-12)11-6-3-1-2-4-7-11/h11,13H,1-10H2. The van der Waals surface area contributed by atoms with Crippen LogP contribution in [0, 0.1) is 11.8 Å². The average molecular weight is 222 g/mol. The molecule has 2 heteroatoms. The van der Waals surface area contributed by atoms with E-state index in [1.807, 2.05) is 0 Å². The van der Waals surface area contributed by atoms with Crippen LogP contribution in [0.2, 0.25) is 0 Å². The maximum atomic E-state index is 12.0. The summed E-state index contributed by atoms with van der Waals surface area (Å²) in [5, 5.41) is 0. The van der Waals surface area contributed by atoms with E-state index in [4.69, 9.17) is 0 Å². The summed E-state index contributed by atoms with van der Waals surface area (Å²) in [5.74, 6) is 1.21. The average Bonchev–Trinajstić information content (AvgIpc) is 2.58. The van der Waals surface area contributed by atoms with Crippen molar-refractivity contribution in [2.75, 3.05) is 0 Å². The molecular formula is C14H22O2. The molecule has 0 heterocycles. The van der Waals surface area contributed by atoms with Gasteiger partial charge in [-0.3, -0.25) is 9.59 Å². The molecule has 16 heavy (non-hydrogen) atoms. The maximum absolute atomic E-state index is 12.0. The third-order valence-corrected chi connectivity index (χ3v) is 4.22. The molecule has 2 saturated carbocycles. The Morgan fingerprint density at radius 2 is 1.50 bits per heavy atom. The highest BCUT2D eigenvalue weighted by Crippen LogP contribution is 2.34. The predicted molar refractivity (Wildman–Crippen MR) is 63.2 cm³/mol. The molecule has 90 valence electrons. The van der Waals surface area contributed by atoms with Crippen molar-refractivity contribution in [2.24, 2.45) is 11.8 Å². The van der Waals surface area contributed by atoms with E-state index in [0.717, 1.165) is 12.8 Å². The minimum Gasteiger partial charge on any atom is -0.299 e. The number of ketones is 2. The van der Waals surface area contributed by atoms with Crippen molar-refractivity contribution in [3.63, 3.8) is 0 Å². The molecule has 2 aliphatic rings. The quantitative estimate of drug-likeness (QED) is 0.504. The topological polar surface area (TPSA) is 34.1 Å². The number of Topliss-reactive ketones (excluding diaryl/α,β-unsaturated/α-hetero) is 2. The van der Waals surface area contributed by atoms with Crippen LogP contribution in [-0.4, -0.2) is 11.6 Å². The van der Waals surface area contributed by atoms with E-state index in [2.05, 4.69) is 0 Å². The number of carbonyl (C=O) groups is 2. The van der Waals surface area contributed by atoms with Crippen molar-refractivity contribution >= 4 is 11.6 Å². The smallest absolute Gasteiger partial charge is 0.143 e. The molecule has 2 nitrogen and oxygen atoms in total. The first-order chi connectivity index (χ1) is 7.77. The van der Waals surface area contributed by atoms with E-state index in [-0.39, 0.29) is 23.9 Å². The number of rotatable bonds is 1. The minimum absolute atomic E-state index is 0.168. The summed E-state index contributed by atoms with van der Waals surface area (Å²) < 4.78 is 0. The van der Waals surface area contributed by atoms with Gasteiger partial charge in [0, 0.05) is 12.3 Å². The van der Waals surface area contributed by atoms with Gasteiger partial charge in [-0.15, -0.1) is 0 Å². The van der Waals surface area contributed by atoms with Crippen LogP contribution >= 0.6 is 0 Å². The second kappa shape index (κ2) is 5.60. The SMILES string of the molecule is O=C1CCCC(C2CCCCCC2)C(=O)C1. The van der Waals surface area contributed by atoms with Gasteiger partial charge in [-0.2, -0.15) is 0 Å². The zero-order valence-electron chi connectivity index (χ0n) is 10.0. The molecule has 1 unspecified atom stereocenters. The van der Waals surface area contributed by atoms with Crippen molar-refractivity contribution in [2.45, 2.75) is 64.2 Å². The monoisotopic (exact) mass is 222 g/mol. The number of carbonyl (C=O) groups excluding carboxylic acids is 2. The Kier molecular flexibility index (Phi) is 4.14. The Balaban J connectivity index is 2.00. The lowest BCUT2D eigenvalue weighted by Gasteiger charge is -2.23. The molecule has 0 N–H and O–H groups in total. The summed E-state index contributed by atoms with van der Waals surface area (Å²) in [6, 6.07) is 0. The third kappa shape index (κ3) is 2.93. The van der Waals surface area contributed by atoms with Crippen LogP contribution in [0.15, 0.2) is 0 Å². The Bertz CT molecular complexity index is 262. The summed E-state index contributed by atoms with van der Waals surface area (Å²) in [6.07, 6.45) is 10.4. The molecule has 0 aromatic heterocycles. The van der Waals surface area contributed by atoms with Crippen molar-refractivity contribution in [1.29, 1.82) is 0 Å². The highest BCUT2D eigenvalue weighted by Gasteiger charge is 2.31. The lowest BCUT2D eigenvalue weighted by molar-refractivity contribution is -0.129. The third-order valence-electron chi connectivity index (χ3n) is 4.22. The van der Waals surface area contributed by atoms with Gasteiger partial charge in [0.2, 0.25) is 0 Å². The van der Waals surface area contributed by atoms with E-state index in [1.54, 1.807) is 0 Å². The summed E-state index contributed by atoms with van der Waals surface area (Å²) in [5.41, 5.74) is 0. The first-order valence-electron chi connectivity index (χ1n) is 6.82. The van der Waals surface area contributed by atoms with Crippen LogP contribution < -0.4 is 0 Å². The Morgan fingerprint density at radius 1 is 0.812 bits per heavy atom. The molecule has 0 bridgehead atoms. The predicted octanol–water partition coefficient (Wildman–Crippen LogP) is 3.29. The molecule has 2 fully saturated rings. The van der Waals surface area contributed by atoms with Gasteiger partial charge in [0.05, 0.1) is 6.42 Å². The van der Waals surface area contributed by atoms with E-state index >= 15 is 0 Å². The lowest BCUT2D eigenvalue weighted by atomic mass is 9.81. The lowest BCUT2D eigenvalue weighted by Crippen LogP contribution is -2.23. The normalized spacial score (nSPS) is 29.9. The van der Waals surface area contributed by atoms with Crippen molar-refractivity contribution in [3.05, 3.63) is 0 Å². The maximum Gasteiger partial charge on any atom is 0.143 e. The van der Waals surface area contributed by atoms with Crippen LogP contribution in [-0.2, 0) is 9.59 Å². The minimum atomic E-state index is 0.168. The Labute approximate surface area is 97.8 Å². The van der Waals surface area contributed by atoms with Crippen LogP contribution in [0.3, 0.4) is 0 Å². The van der Waals surface area contributed by atoms with Crippen molar-refractivity contribution in [1.82, 2.24) is 0 Å². The second-order valence-corrected chi connectivity index (χ2v) is 5.43. The fourth-order valence-corrected chi connectivity index (χ4v) is 3.31. The molecule has 1 atom stereocenters. The van der Waals surface area contributed by atoms with Crippen molar-refractivity contribution < 1.29 is 9.59 Å². The van der Waals surface area contributed by atoms with E-state index in [0.29, 0.717) is 12.3 Å². The van der Waals surface area contributed by atoms with Gasteiger partial charge >= 0.3 is 0 Å². The van der Waals surface area contributed by atoms with Crippen LogP contribution in [0.5, 0.6) is 0 Å². The van der Waals surface area contributed by atoms with Gasteiger partial charge in [-0.25, -0.2) is 0 Å². The molecule has 0 radical (unpaired) electrons. The molecule has 0 aromatic carbocycles.